The second-order valence-electron chi connectivity index (χ2n) is 2.50. The zero-order chi connectivity index (χ0) is 9.52. The number of carboxylic acid groups (broad SMARTS) is 1. The van der Waals surface area contributed by atoms with E-state index >= 15 is 0 Å². The summed E-state index contributed by atoms with van der Waals surface area (Å²) in [6.07, 6.45) is 3.18. The quantitative estimate of drug-likeness (QED) is 0.501. The van der Waals surface area contributed by atoms with Crippen molar-refractivity contribution in [2.75, 3.05) is 18.4 Å². The Morgan fingerprint density at radius 3 is 3.08 bits per heavy atom. The van der Waals surface area contributed by atoms with Crippen LogP contribution in [0.3, 0.4) is 0 Å². The lowest BCUT2D eigenvalue weighted by molar-refractivity contribution is 0.194. The topological polar surface area (TPSA) is 90.0 Å². The normalized spacial score (nSPS) is 9.54. The number of hydrogen-bond donors (Lipinski definition) is 4. The lowest BCUT2D eigenvalue weighted by Gasteiger charge is -2.02. The molecular formula is C7H12N4O2. The molecule has 0 aliphatic heterocycles. The Balaban J connectivity index is 1.99. The number of anilines is 1. The van der Waals surface area contributed by atoms with Gasteiger partial charge >= 0.3 is 6.09 Å². The smallest absolute Gasteiger partial charge is 0.404 e. The van der Waals surface area contributed by atoms with Gasteiger partial charge in [-0.05, 0) is 6.42 Å². The molecule has 0 spiro atoms. The lowest BCUT2D eigenvalue weighted by Crippen LogP contribution is -2.23. The molecule has 0 atom stereocenters. The molecule has 72 valence electrons. The van der Waals surface area contributed by atoms with Crippen LogP contribution in [0, 0.1) is 0 Å². The Morgan fingerprint density at radius 1 is 1.62 bits per heavy atom. The number of aromatic nitrogens is 2. The Hall–Kier alpha value is -1.72. The van der Waals surface area contributed by atoms with Gasteiger partial charge in [-0.15, -0.1) is 0 Å². The second-order valence-corrected chi connectivity index (χ2v) is 2.50. The van der Waals surface area contributed by atoms with Crippen molar-refractivity contribution in [2.24, 2.45) is 0 Å². The molecular weight excluding hydrogens is 172 g/mol. The number of aromatic amines is 1. The van der Waals surface area contributed by atoms with Crippen molar-refractivity contribution in [2.45, 2.75) is 6.42 Å². The fraction of sp³-hybridized carbons (Fsp3) is 0.429. The van der Waals surface area contributed by atoms with E-state index in [0.717, 1.165) is 18.7 Å². The minimum absolute atomic E-state index is 0.459. The average molecular weight is 184 g/mol. The highest BCUT2D eigenvalue weighted by Crippen LogP contribution is 1.99. The highest BCUT2D eigenvalue weighted by atomic mass is 16.4. The molecule has 1 aromatic rings. The number of nitrogens with zero attached hydrogens (tertiary/aromatic N) is 1. The molecule has 1 amide bonds. The summed E-state index contributed by atoms with van der Waals surface area (Å²) in [4.78, 5) is 10.0. The van der Waals surface area contributed by atoms with Crippen molar-refractivity contribution in [3.05, 3.63) is 12.4 Å². The molecule has 1 heterocycles. The number of rotatable bonds is 5. The van der Waals surface area contributed by atoms with Gasteiger partial charge in [-0.1, -0.05) is 0 Å². The largest absolute Gasteiger partial charge is 0.465 e. The maximum Gasteiger partial charge on any atom is 0.404 e. The molecule has 0 bridgehead atoms. The van der Waals surface area contributed by atoms with Crippen LogP contribution in [0.4, 0.5) is 10.5 Å². The van der Waals surface area contributed by atoms with Gasteiger partial charge < -0.3 is 15.7 Å². The summed E-state index contributed by atoms with van der Waals surface area (Å²) in [6.45, 7) is 1.18. The van der Waals surface area contributed by atoms with Crippen LogP contribution in [0.25, 0.3) is 0 Å². The van der Waals surface area contributed by atoms with Gasteiger partial charge in [0.25, 0.3) is 0 Å². The molecule has 1 rings (SSSR count). The third-order valence-electron chi connectivity index (χ3n) is 1.46. The Bertz CT molecular complexity index is 247. The van der Waals surface area contributed by atoms with Gasteiger partial charge in [0.1, 0.15) is 0 Å². The predicted octanol–water partition coefficient (Wildman–Crippen LogP) is 0.479. The summed E-state index contributed by atoms with van der Waals surface area (Å²) < 4.78 is 0. The van der Waals surface area contributed by atoms with E-state index < -0.39 is 6.09 Å². The standard InChI is InChI=1S/C7H12N4O2/c12-7(13)9-3-1-2-8-6-4-10-11-5-6/h4-5,8-9H,1-3H2,(H,10,11)(H,12,13). The molecule has 0 aromatic carbocycles. The minimum atomic E-state index is -0.983. The first-order valence-corrected chi connectivity index (χ1v) is 3.98. The van der Waals surface area contributed by atoms with Gasteiger partial charge in [0.15, 0.2) is 0 Å². The van der Waals surface area contributed by atoms with E-state index in [2.05, 4.69) is 20.8 Å². The maximum absolute atomic E-state index is 10.0. The molecule has 6 nitrogen and oxygen atoms in total. The first-order chi connectivity index (χ1) is 6.29. The molecule has 6 heteroatoms. The molecule has 4 N–H and O–H groups in total. The van der Waals surface area contributed by atoms with Gasteiger partial charge in [0.05, 0.1) is 11.9 Å². The van der Waals surface area contributed by atoms with E-state index in [4.69, 9.17) is 5.11 Å². The summed E-state index contributed by atoms with van der Waals surface area (Å²) >= 11 is 0. The van der Waals surface area contributed by atoms with E-state index in [9.17, 15) is 4.79 Å². The predicted molar refractivity (Wildman–Crippen MR) is 47.7 cm³/mol. The molecule has 13 heavy (non-hydrogen) atoms. The minimum Gasteiger partial charge on any atom is -0.465 e. The maximum atomic E-state index is 10.0. The van der Waals surface area contributed by atoms with E-state index in [0.29, 0.717) is 6.54 Å². The highest BCUT2D eigenvalue weighted by molar-refractivity contribution is 5.64. The lowest BCUT2D eigenvalue weighted by atomic mass is 10.4. The molecule has 0 aliphatic carbocycles. The van der Waals surface area contributed by atoms with Crippen molar-refractivity contribution in [3.8, 4) is 0 Å². The Morgan fingerprint density at radius 2 is 2.46 bits per heavy atom. The number of amides is 1. The first-order valence-electron chi connectivity index (χ1n) is 3.98. The summed E-state index contributed by atoms with van der Waals surface area (Å²) in [5.41, 5.74) is 0.912. The molecule has 0 fully saturated rings. The zero-order valence-electron chi connectivity index (χ0n) is 7.08. The highest BCUT2D eigenvalue weighted by Gasteiger charge is 1.94. The molecule has 0 saturated carbocycles. The van der Waals surface area contributed by atoms with Gasteiger partial charge in [0, 0.05) is 19.3 Å². The SMILES string of the molecule is O=C(O)NCCCNc1cn[nH]c1. The van der Waals surface area contributed by atoms with Gasteiger partial charge in [0.2, 0.25) is 0 Å². The van der Waals surface area contributed by atoms with Crippen molar-refractivity contribution >= 4 is 11.8 Å². The Labute approximate surface area is 75.3 Å². The fourth-order valence-corrected chi connectivity index (χ4v) is 0.864. The number of carbonyl (C=O) groups is 1. The van der Waals surface area contributed by atoms with Crippen LogP contribution in [0.5, 0.6) is 0 Å². The third-order valence-corrected chi connectivity index (χ3v) is 1.46. The monoisotopic (exact) mass is 184 g/mol. The fourth-order valence-electron chi connectivity index (χ4n) is 0.864. The molecule has 0 unspecified atom stereocenters. The van der Waals surface area contributed by atoms with Crippen molar-refractivity contribution < 1.29 is 9.90 Å². The van der Waals surface area contributed by atoms with E-state index in [1.165, 1.54) is 0 Å². The average Bonchev–Trinajstić information content (AvgIpc) is 2.55. The van der Waals surface area contributed by atoms with Crippen LogP contribution in [0.2, 0.25) is 0 Å². The van der Waals surface area contributed by atoms with Crippen molar-refractivity contribution in [1.29, 1.82) is 0 Å². The van der Waals surface area contributed by atoms with Crippen molar-refractivity contribution in [3.63, 3.8) is 0 Å². The summed E-state index contributed by atoms with van der Waals surface area (Å²) in [6, 6.07) is 0. The van der Waals surface area contributed by atoms with E-state index in [1.807, 2.05) is 0 Å². The number of H-pyrrole nitrogens is 1. The van der Waals surface area contributed by atoms with Crippen molar-refractivity contribution in [1.82, 2.24) is 15.5 Å². The van der Waals surface area contributed by atoms with Crippen LogP contribution in [-0.2, 0) is 0 Å². The van der Waals surface area contributed by atoms with E-state index in [-0.39, 0.29) is 0 Å². The Kier molecular flexibility index (Phi) is 3.62. The summed E-state index contributed by atoms with van der Waals surface area (Å²) in [7, 11) is 0. The molecule has 1 aromatic heterocycles. The van der Waals surface area contributed by atoms with E-state index in [1.54, 1.807) is 12.4 Å². The van der Waals surface area contributed by atoms with Crippen LogP contribution in [0.15, 0.2) is 12.4 Å². The summed E-state index contributed by atoms with van der Waals surface area (Å²) in [5.74, 6) is 0. The van der Waals surface area contributed by atoms with Crippen LogP contribution in [-0.4, -0.2) is 34.5 Å². The van der Waals surface area contributed by atoms with Crippen LogP contribution < -0.4 is 10.6 Å². The number of nitrogens with one attached hydrogen (secondary N) is 3. The molecule has 0 aliphatic rings. The third kappa shape index (κ3) is 4.00. The molecule has 0 radical (unpaired) electrons. The van der Waals surface area contributed by atoms with Gasteiger partial charge in [-0.3, -0.25) is 5.10 Å². The summed E-state index contributed by atoms with van der Waals surface area (Å²) in [5, 5.41) is 20.0. The van der Waals surface area contributed by atoms with Gasteiger partial charge in [-0.2, -0.15) is 5.10 Å². The zero-order valence-corrected chi connectivity index (χ0v) is 7.08. The second kappa shape index (κ2) is 5.02. The van der Waals surface area contributed by atoms with Crippen LogP contribution >= 0.6 is 0 Å². The first kappa shape index (κ1) is 9.37. The van der Waals surface area contributed by atoms with Gasteiger partial charge in [-0.25, -0.2) is 4.79 Å². The molecule has 0 saturated heterocycles. The number of hydrogen-bond acceptors (Lipinski definition) is 3. The van der Waals surface area contributed by atoms with Crippen LogP contribution in [0.1, 0.15) is 6.42 Å².